The molecule has 0 fully saturated rings. The Morgan fingerprint density at radius 2 is 1.85 bits per heavy atom. The molecule has 110 valence electrons. The number of carbonyl (C=O) groups excluding carboxylic acids is 2. The Labute approximate surface area is 123 Å². The summed E-state index contributed by atoms with van der Waals surface area (Å²) in [6, 6.07) is 6.14. The van der Waals surface area contributed by atoms with Crippen LogP contribution in [0.15, 0.2) is 24.3 Å². The molecule has 0 unspecified atom stereocenters. The largest absolute Gasteiger partial charge is 0.444 e. The standard InChI is InChI=1S/C14H19ClN2O3/c1-14(2,3)20-13(19)17-11(12(16)18)8-9-4-6-10(15)7-5-9/h4-7,11H,8H2,1-3H3,(H2,16,18)(H,17,19)/t11-/m1/s1. The lowest BCUT2D eigenvalue weighted by Crippen LogP contribution is -2.47. The number of carbonyl (C=O) groups is 2. The first-order chi connectivity index (χ1) is 9.17. The van der Waals surface area contributed by atoms with E-state index < -0.39 is 23.6 Å². The van der Waals surface area contributed by atoms with Crippen LogP contribution in [-0.2, 0) is 16.0 Å². The molecule has 0 heterocycles. The molecule has 1 aromatic rings. The SMILES string of the molecule is CC(C)(C)OC(=O)N[C@H](Cc1ccc(Cl)cc1)C(N)=O. The van der Waals surface area contributed by atoms with Crippen LogP contribution in [-0.4, -0.2) is 23.6 Å². The van der Waals surface area contributed by atoms with Crippen molar-refractivity contribution in [1.29, 1.82) is 0 Å². The molecule has 1 atom stereocenters. The summed E-state index contributed by atoms with van der Waals surface area (Å²) in [5.41, 5.74) is 5.50. The zero-order chi connectivity index (χ0) is 15.3. The summed E-state index contributed by atoms with van der Waals surface area (Å²) in [6.45, 7) is 5.22. The van der Waals surface area contributed by atoms with Crippen LogP contribution < -0.4 is 11.1 Å². The van der Waals surface area contributed by atoms with Gasteiger partial charge in [0, 0.05) is 11.4 Å². The van der Waals surface area contributed by atoms with Crippen molar-refractivity contribution in [3.05, 3.63) is 34.9 Å². The third-order valence-electron chi connectivity index (χ3n) is 2.39. The van der Waals surface area contributed by atoms with Gasteiger partial charge in [0.15, 0.2) is 0 Å². The van der Waals surface area contributed by atoms with E-state index in [4.69, 9.17) is 22.1 Å². The van der Waals surface area contributed by atoms with Gasteiger partial charge in [-0.3, -0.25) is 4.79 Å². The molecule has 2 amide bonds. The van der Waals surface area contributed by atoms with Crippen LogP contribution in [0.25, 0.3) is 0 Å². The van der Waals surface area contributed by atoms with Gasteiger partial charge in [0.2, 0.25) is 5.91 Å². The summed E-state index contributed by atoms with van der Waals surface area (Å²) in [7, 11) is 0. The summed E-state index contributed by atoms with van der Waals surface area (Å²) >= 11 is 5.79. The van der Waals surface area contributed by atoms with E-state index in [9.17, 15) is 9.59 Å². The van der Waals surface area contributed by atoms with Gasteiger partial charge in [0.05, 0.1) is 0 Å². The van der Waals surface area contributed by atoms with Crippen molar-refractivity contribution in [2.45, 2.75) is 38.8 Å². The minimum absolute atomic E-state index is 0.283. The fourth-order valence-corrected chi connectivity index (χ4v) is 1.65. The van der Waals surface area contributed by atoms with Crippen LogP contribution in [0.4, 0.5) is 4.79 Å². The highest BCUT2D eigenvalue weighted by molar-refractivity contribution is 6.30. The molecule has 6 heteroatoms. The van der Waals surface area contributed by atoms with Crippen molar-refractivity contribution in [1.82, 2.24) is 5.32 Å². The lowest BCUT2D eigenvalue weighted by Gasteiger charge is -2.22. The second kappa shape index (κ2) is 6.61. The molecular formula is C14H19ClN2O3. The topological polar surface area (TPSA) is 81.4 Å². The van der Waals surface area contributed by atoms with Gasteiger partial charge in [0.25, 0.3) is 0 Å². The number of hydrogen-bond acceptors (Lipinski definition) is 3. The van der Waals surface area contributed by atoms with Crippen LogP contribution in [0.2, 0.25) is 5.02 Å². The zero-order valence-electron chi connectivity index (χ0n) is 11.8. The van der Waals surface area contributed by atoms with Gasteiger partial charge in [-0.25, -0.2) is 4.79 Å². The Balaban J connectivity index is 2.68. The molecular weight excluding hydrogens is 280 g/mol. The average molecular weight is 299 g/mol. The Bertz CT molecular complexity index is 480. The summed E-state index contributed by atoms with van der Waals surface area (Å²) in [5.74, 6) is -0.620. The molecule has 0 aliphatic rings. The normalized spacial score (nSPS) is 12.6. The first kappa shape index (κ1) is 16.3. The van der Waals surface area contributed by atoms with Gasteiger partial charge < -0.3 is 15.8 Å². The van der Waals surface area contributed by atoms with E-state index in [1.807, 2.05) is 0 Å². The number of ether oxygens (including phenoxy) is 1. The molecule has 0 spiro atoms. The van der Waals surface area contributed by atoms with Crippen molar-refractivity contribution in [3.8, 4) is 0 Å². The third kappa shape index (κ3) is 5.93. The predicted octanol–water partition coefficient (Wildman–Crippen LogP) is 2.26. The summed E-state index contributed by atoms with van der Waals surface area (Å²) < 4.78 is 5.10. The molecule has 0 aliphatic carbocycles. The summed E-state index contributed by atoms with van der Waals surface area (Å²) in [5, 5.41) is 3.07. The van der Waals surface area contributed by atoms with Gasteiger partial charge in [-0.2, -0.15) is 0 Å². The molecule has 0 saturated carbocycles. The molecule has 0 radical (unpaired) electrons. The lowest BCUT2D eigenvalue weighted by molar-refractivity contribution is -0.120. The van der Waals surface area contributed by atoms with Gasteiger partial charge in [-0.05, 0) is 38.5 Å². The number of benzene rings is 1. The van der Waals surface area contributed by atoms with E-state index in [-0.39, 0.29) is 6.42 Å². The molecule has 5 nitrogen and oxygen atoms in total. The van der Waals surface area contributed by atoms with Crippen LogP contribution in [0, 0.1) is 0 Å². The molecule has 3 N–H and O–H groups in total. The first-order valence-corrected chi connectivity index (χ1v) is 6.58. The number of nitrogens with two attached hydrogens (primary N) is 1. The van der Waals surface area contributed by atoms with Gasteiger partial charge in [-0.15, -0.1) is 0 Å². The maximum atomic E-state index is 11.7. The van der Waals surface area contributed by atoms with Gasteiger partial charge >= 0.3 is 6.09 Å². The second-order valence-corrected chi connectivity index (χ2v) is 5.87. The molecule has 20 heavy (non-hydrogen) atoms. The van der Waals surface area contributed by atoms with E-state index >= 15 is 0 Å². The molecule has 0 aliphatic heterocycles. The fraction of sp³-hybridized carbons (Fsp3) is 0.429. The maximum absolute atomic E-state index is 11.7. The van der Waals surface area contributed by atoms with E-state index in [2.05, 4.69) is 5.32 Å². The monoisotopic (exact) mass is 298 g/mol. The Kier molecular flexibility index (Phi) is 5.39. The number of primary amides is 1. The van der Waals surface area contributed by atoms with E-state index in [1.165, 1.54) is 0 Å². The van der Waals surface area contributed by atoms with Crippen molar-refractivity contribution in [3.63, 3.8) is 0 Å². The average Bonchev–Trinajstić information content (AvgIpc) is 2.28. The smallest absolute Gasteiger partial charge is 0.408 e. The Morgan fingerprint density at radius 1 is 1.30 bits per heavy atom. The predicted molar refractivity (Wildman–Crippen MR) is 77.5 cm³/mol. The number of nitrogens with one attached hydrogen (secondary N) is 1. The minimum atomic E-state index is -0.828. The minimum Gasteiger partial charge on any atom is -0.444 e. The number of rotatable bonds is 4. The maximum Gasteiger partial charge on any atom is 0.408 e. The highest BCUT2D eigenvalue weighted by Crippen LogP contribution is 2.12. The van der Waals surface area contributed by atoms with Crippen LogP contribution >= 0.6 is 11.6 Å². The highest BCUT2D eigenvalue weighted by Gasteiger charge is 2.22. The van der Waals surface area contributed by atoms with E-state index in [0.29, 0.717) is 5.02 Å². The van der Waals surface area contributed by atoms with Crippen molar-refractivity contribution >= 4 is 23.6 Å². The highest BCUT2D eigenvalue weighted by atomic mass is 35.5. The van der Waals surface area contributed by atoms with Crippen molar-refractivity contribution < 1.29 is 14.3 Å². The van der Waals surface area contributed by atoms with Crippen LogP contribution in [0.1, 0.15) is 26.3 Å². The van der Waals surface area contributed by atoms with E-state index in [0.717, 1.165) is 5.56 Å². The molecule has 0 bridgehead atoms. The first-order valence-electron chi connectivity index (χ1n) is 6.20. The quantitative estimate of drug-likeness (QED) is 0.894. The second-order valence-electron chi connectivity index (χ2n) is 5.43. The van der Waals surface area contributed by atoms with Crippen LogP contribution in [0.5, 0.6) is 0 Å². The zero-order valence-corrected chi connectivity index (χ0v) is 12.5. The van der Waals surface area contributed by atoms with Gasteiger partial charge in [-0.1, -0.05) is 23.7 Å². The summed E-state index contributed by atoms with van der Waals surface area (Å²) in [4.78, 5) is 23.1. The lowest BCUT2D eigenvalue weighted by atomic mass is 10.1. The molecule has 1 aromatic carbocycles. The number of amides is 2. The number of hydrogen-bond donors (Lipinski definition) is 2. The van der Waals surface area contributed by atoms with Gasteiger partial charge in [0.1, 0.15) is 11.6 Å². The van der Waals surface area contributed by atoms with Crippen molar-refractivity contribution in [2.24, 2.45) is 5.73 Å². The molecule has 0 saturated heterocycles. The van der Waals surface area contributed by atoms with Crippen LogP contribution in [0.3, 0.4) is 0 Å². The Morgan fingerprint density at radius 3 is 2.30 bits per heavy atom. The fourth-order valence-electron chi connectivity index (χ4n) is 1.53. The van der Waals surface area contributed by atoms with E-state index in [1.54, 1.807) is 45.0 Å². The number of halogens is 1. The summed E-state index contributed by atoms with van der Waals surface area (Å²) in [6.07, 6.45) is -0.388. The molecule has 1 rings (SSSR count). The number of alkyl carbamates (subject to hydrolysis) is 1. The molecule has 0 aromatic heterocycles. The van der Waals surface area contributed by atoms with Crippen molar-refractivity contribution in [2.75, 3.05) is 0 Å². The Hall–Kier alpha value is -1.75. The third-order valence-corrected chi connectivity index (χ3v) is 2.64.